The lowest BCUT2D eigenvalue weighted by Crippen LogP contribution is -2.67. The molecule has 6 nitrogen and oxygen atoms in total. The van der Waals surface area contributed by atoms with E-state index in [2.05, 4.69) is 29.2 Å². The minimum atomic E-state index is -0.229. The zero-order valence-corrected chi connectivity index (χ0v) is 12.1. The van der Waals surface area contributed by atoms with Crippen molar-refractivity contribution in [1.29, 1.82) is 0 Å². The van der Waals surface area contributed by atoms with Crippen molar-refractivity contribution < 1.29 is 9.59 Å². The SMILES string of the molecule is CC(=O)c1cc2n(n1)CC1(CC(=O)N1)CN(C(C)C)C2. The van der Waals surface area contributed by atoms with E-state index in [1.807, 2.05) is 10.7 Å². The molecule has 0 radical (unpaired) electrons. The fourth-order valence-corrected chi connectivity index (χ4v) is 3.02. The smallest absolute Gasteiger partial charge is 0.223 e. The number of ketones is 1. The van der Waals surface area contributed by atoms with Crippen LogP contribution in [0, 0.1) is 0 Å². The second kappa shape index (κ2) is 4.41. The van der Waals surface area contributed by atoms with Gasteiger partial charge >= 0.3 is 0 Å². The third-order valence-electron chi connectivity index (χ3n) is 4.18. The number of β-lactam (4-membered cyclic amide) rings is 1. The number of carbonyl (C=O) groups is 2. The fraction of sp³-hybridized carbons (Fsp3) is 0.643. The van der Waals surface area contributed by atoms with Gasteiger partial charge in [0.1, 0.15) is 5.69 Å². The topological polar surface area (TPSA) is 67.2 Å². The van der Waals surface area contributed by atoms with Crippen LogP contribution < -0.4 is 5.32 Å². The molecule has 1 unspecified atom stereocenters. The number of hydrogen-bond donors (Lipinski definition) is 1. The maximum atomic E-state index is 11.5. The van der Waals surface area contributed by atoms with Gasteiger partial charge in [0.2, 0.25) is 5.91 Å². The first-order valence-electron chi connectivity index (χ1n) is 7.01. The fourth-order valence-electron chi connectivity index (χ4n) is 3.02. The zero-order valence-electron chi connectivity index (χ0n) is 12.1. The van der Waals surface area contributed by atoms with Crippen molar-refractivity contribution in [2.75, 3.05) is 6.54 Å². The number of fused-ring (bicyclic) bond motifs is 1. The summed E-state index contributed by atoms with van der Waals surface area (Å²) >= 11 is 0. The predicted octanol–water partition coefficient (Wildman–Crippen LogP) is 0.568. The van der Waals surface area contributed by atoms with Crippen LogP contribution in [-0.4, -0.2) is 44.5 Å². The molecular weight excluding hydrogens is 256 g/mol. The highest BCUT2D eigenvalue weighted by molar-refractivity contribution is 5.92. The Labute approximate surface area is 118 Å². The van der Waals surface area contributed by atoms with Crippen LogP contribution in [0.4, 0.5) is 0 Å². The van der Waals surface area contributed by atoms with Gasteiger partial charge in [0, 0.05) is 26.1 Å². The van der Waals surface area contributed by atoms with Gasteiger partial charge in [-0.25, -0.2) is 0 Å². The van der Waals surface area contributed by atoms with Crippen molar-refractivity contribution in [2.45, 2.75) is 51.9 Å². The molecule has 1 saturated heterocycles. The molecule has 1 amide bonds. The average Bonchev–Trinajstić information content (AvgIpc) is 2.62. The van der Waals surface area contributed by atoms with Crippen molar-refractivity contribution in [2.24, 2.45) is 0 Å². The van der Waals surface area contributed by atoms with Gasteiger partial charge in [0.15, 0.2) is 5.78 Å². The molecule has 2 aliphatic rings. The van der Waals surface area contributed by atoms with Crippen LogP contribution in [0.25, 0.3) is 0 Å². The normalized spacial score (nSPS) is 26.1. The monoisotopic (exact) mass is 276 g/mol. The summed E-state index contributed by atoms with van der Waals surface area (Å²) in [4.78, 5) is 25.2. The molecule has 0 bridgehead atoms. The number of nitrogens with zero attached hydrogens (tertiary/aromatic N) is 3. The van der Waals surface area contributed by atoms with Crippen LogP contribution in [0.1, 0.15) is 43.4 Å². The van der Waals surface area contributed by atoms with Crippen molar-refractivity contribution in [3.8, 4) is 0 Å². The standard InChI is InChI=1S/C14H20N4O2/c1-9(2)17-6-11-4-12(10(3)19)16-18(11)8-14(7-17)5-13(20)15-14/h4,9H,5-8H2,1-3H3,(H,15,20). The molecule has 0 aromatic carbocycles. The lowest BCUT2D eigenvalue weighted by Gasteiger charge is -2.44. The summed E-state index contributed by atoms with van der Waals surface area (Å²) in [7, 11) is 0. The van der Waals surface area contributed by atoms with Gasteiger partial charge in [0.25, 0.3) is 0 Å². The van der Waals surface area contributed by atoms with E-state index < -0.39 is 0 Å². The van der Waals surface area contributed by atoms with Gasteiger partial charge in [-0.3, -0.25) is 19.2 Å². The minimum Gasteiger partial charge on any atom is -0.347 e. The minimum absolute atomic E-state index is 0.0200. The number of Topliss-reactive ketones (excluding diaryl/α,β-unsaturated/α-hetero) is 1. The van der Waals surface area contributed by atoms with Gasteiger partial charge in [-0.15, -0.1) is 0 Å². The van der Waals surface area contributed by atoms with Gasteiger partial charge in [-0.1, -0.05) is 0 Å². The highest BCUT2D eigenvalue weighted by Gasteiger charge is 2.46. The molecule has 20 heavy (non-hydrogen) atoms. The molecule has 0 saturated carbocycles. The molecule has 1 N–H and O–H groups in total. The first-order chi connectivity index (χ1) is 9.38. The highest BCUT2D eigenvalue weighted by atomic mass is 16.2. The molecule has 3 heterocycles. The summed E-state index contributed by atoms with van der Waals surface area (Å²) in [5, 5.41) is 7.43. The maximum absolute atomic E-state index is 11.5. The largest absolute Gasteiger partial charge is 0.347 e. The summed E-state index contributed by atoms with van der Waals surface area (Å²) in [5.41, 5.74) is 1.32. The third kappa shape index (κ3) is 2.14. The Balaban J connectivity index is 1.96. The molecular formula is C14H20N4O2. The summed E-state index contributed by atoms with van der Waals surface area (Å²) in [6.07, 6.45) is 0.533. The number of carbonyl (C=O) groups excluding carboxylic acids is 2. The second-order valence-electron chi connectivity index (χ2n) is 6.24. The molecule has 0 aliphatic carbocycles. The van der Waals surface area contributed by atoms with E-state index >= 15 is 0 Å². The molecule has 2 aliphatic heterocycles. The van der Waals surface area contributed by atoms with Crippen LogP contribution in [0.5, 0.6) is 0 Å². The van der Waals surface area contributed by atoms with Gasteiger partial charge in [0.05, 0.1) is 24.2 Å². The quantitative estimate of drug-likeness (QED) is 0.633. The lowest BCUT2D eigenvalue weighted by molar-refractivity contribution is -0.134. The van der Waals surface area contributed by atoms with Crippen LogP contribution >= 0.6 is 0 Å². The average molecular weight is 276 g/mol. The highest BCUT2D eigenvalue weighted by Crippen LogP contribution is 2.29. The Morgan fingerprint density at radius 3 is 2.70 bits per heavy atom. The maximum Gasteiger partial charge on any atom is 0.223 e. The Hall–Kier alpha value is -1.69. The van der Waals surface area contributed by atoms with E-state index in [1.165, 1.54) is 6.92 Å². The van der Waals surface area contributed by atoms with Crippen LogP contribution in [0.15, 0.2) is 6.07 Å². The van der Waals surface area contributed by atoms with E-state index in [0.29, 0.717) is 24.7 Å². The van der Waals surface area contributed by atoms with Crippen molar-refractivity contribution in [3.05, 3.63) is 17.5 Å². The Kier molecular flexibility index (Phi) is 2.93. The van der Waals surface area contributed by atoms with Crippen molar-refractivity contribution >= 4 is 11.7 Å². The molecule has 1 aromatic rings. The van der Waals surface area contributed by atoms with Crippen LogP contribution in [-0.2, 0) is 17.9 Å². The number of nitrogens with one attached hydrogen (secondary N) is 1. The Bertz CT molecular complexity index is 568. The molecule has 1 spiro atoms. The van der Waals surface area contributed by atoms with E-state index in [1.54, 1.807) is 0 Å². The molecule has 108 valence electrons. The van der Waals surface area contributed by atoms with Crippen LogP contribution in [0.2, 0.25) is 0 Å². The van der Waals surface area contributed by atoms with E-state index in [-0.39, 0.29) is 17.2 Å². The Morgan fingerprint density at radius 1 is 1.45 bits per heavy atom. The second-order valence-corrected chi connectivity index (χ2v) is 6.24. The van der Waals surface area contributed by atoms with Gasteiger partial charge in [-0.2, -0.15) is 5.10 Å². The Morgan fingerprint density at radius 2 is 2.15 bits per heavy atom. The molecule has 1 aromatic heterocycles. The number of aromatic nitrogens is 2. The summed E-state index contributed by atoms with van der Waals surface area (Å²) in [6, 6.07) is 2.25. The van der Waals surface area contributed by atoms with E-state index in [9.17, 15) is 9.59 Å². The lowest BCUT2D eigenvalue weighted by atomic mass is 9.86. The first-order valence-corrected chi connectivity index (χ1v) is 7.01. The molecule has 6 heteroatoms. The van der Waals surface area contributed by atoms with E-state index in [4.69, 9.17) is 0 Å². The number of hydrogen-bond acceptors (Lipinski definition) is 4. The predicted molar refractivity (Wildman–Crippen MR) is 73.3 cm³/mol. The zero-order chi connectivity index (χ0) is 14.5. The summed E-state index contributed by atoms with van der Waals surface area (Å²) < 4.78 is 1.89. The van der Waals surface area contributed by atoms with Crippen LogP contribution in [0.3, 0.4) is 0 Å². The number of amides is 1. The van der Waals surface area contributed by atoms with Crippen molar-refractivity contribution in [1.82, 2.24) is 20.0 Å². The van der Waals surface area contributed by atoms with E-state index in [0.717, 1.165) is 18.8 Å². The third-order valence-corrected chi connectivity index (χ3v) is 4.18. The van der Waals surface area contributed by atoms with Crippen molar-refractivity contribution in [3.63, 3.8) is 0 Å². The molecule has 1 fully saturated rings. The first kappa shape index (κ1) is 13.3. The number of rotatable bonds is 2. The summed E-state index contributed by atoms with van der Waals surface area (Å²) in [6.45, 7) is 8.05. The van der Waals surface area contributed by atoms with Gasteiger partial charge < -0.3 is 5.32 Å². The molecule has 1 atom stereocenters. The molecule has 3 rings (SSSR count). The van der Waals surface area contributed by atoms with Gasteiger partial charge in [-0.05, 0) is 19.9 Å². The summed E-state index contributed by atoms with van der Waals surface area (Å²) in [5.74, 6) is 0.0736.